The second-order valence-electron chi connectivity index (χ2n) is 16.0. The topological polar surface area (TPSA) is 194 Å². The van der Waals surface area contributed by atoms with Crippen LogP contribution in [0.25, 0.3) is 0 Å². The molecule has 1 atom stereocenters. The molecule has 3 saturated heterocycles. The molecule has 7 rings (SSSR count). The third kappa shape index (κ3) is 11.6. The number of nitro benzene ring substituents is 1. The van der Waals surface area contributed by atoms with E-state index in [9.17, 15) is 31.7 Å². The first kappa shape index (κ1) is 45.2. The number of carbonyl (C=O) groups is 1. The number of aromatic nitrogens is 1. The van der Waals surface area contributed by atoms with Gasteiger partial charge in [0, 0.05) is 86.7 Å². The molecule has 0 radical (unpaired) electrons. The fourth-order valence-corrected chi connectivity index (χ4v) is 10.0. The minimum Gasteiger partial charge on any atom is -0.455 e. The Kier molecular flexibility index (Phi) is 14.7. The molecule has 332 valence electrons. The molecule has 0 bridgehead atoms. The summed E-state index contributed by atoms with van der Waals surface area (Å²) in [7, 11) is -8.29. The Morgan fingerprint density at radius 3 is 2.40 bits per heavy atom. The first-order chi connectivity index (χ1) is 29.7. The van der Waals surface area contributed by atoms with Crippen LogP contribution in [-0.2, 0) is 24.6 Å². The van der Waals surface area contributed by atoms with E-state index >= 15 is 0 Å². The minimum atomic E-state index is -4.63. The zero-order valence-corrected chi connectivity index (χ0v) is 37.0. The molecular formula is C43H52ClN7O9S2. The number of nitro groups is 1. The fourth-order valence-electron chi connectivity index (χ4n) is 8.31. The average Bonchev–Trinajstić information content (AvgIpc) is 3.26. The summed E-state index contributed by atoms with van der Waals surface area (Å²) < 4.78 is 65.5. The van der Waals surface area contributed by atoms with E-state index in [0.717, 1.165) is 94.5 Å². The lowest BCUT2D eigenvalue weighted by Gasteiger charge is -2.41. The summed E-state index contributed by atoms with van der Waals surface area (Å²) in [6, 6.07) is 18.0. The highest BCUT2D eigenvalue weighted by atomic mass is 35.5. The van der Waals surface area contributed by atoms with Crippen molar-refractivity contribution in [3.8, 4) is 11.5 Å². The number of hydrogen-bond acceptors (Lipinski definition) is 14. The molecule has 0 spiro atoms. The van der Waals surface area contributed by atoms with Crippen molar-refractivity contribution in [1.29, 1.82) is 0 Å². The van der Waals surface area contributed by atoms with Gasteiger partial charge in [-0.15, -0.1) is 0 Å². The number of hydrogen-bond donors (Lipinski definition) is 2. The van der Waals surface area contributed by atoms with E-state index in [1.54, 1.807) is 12.1 Å². The maximum absolute atomic E-state index is 13.9. The number of anilines is 2. The van der Waals surface area contributed by atoms with Gasteiger partial charge in [-0.1, -0.05) is 30.2 Å². The number of benzene rings is 3. The largest absolute Gasteiger partial charge is 0.455 e. The van der Waals surface area contributed by atoms with Gasteiger partial charge in [-0.2, -0.15) is 0 Å². The summed E-state index contributed by atoms with van der Waals surface area (Å²) in [5.41, 5.74) is 1.54. The summed E-state index contributed by atoms with van der Waals surface area (Å²) in [5, 5.41) is 15.8. The molecule has 19 heteroatoms. The summed E-state index contributed by atoms with van der Waals surface area (Å²) in [5.74, 6) is -0.606. The van der Waals surface area contributed by atoms with E-state index in [1.165, 1.54) is 48.6 Å². The van der Waals surface area contributed by atoms with Crippen LogP contribution >= 0.6 is 11.6 Å². The molecular weight excluding hydrogens is 858 g/mol. The van der Waals surface area contributed by atoms with Crippen LogP contribution in [-0.4, -0.2) is 114 Å². The minimum absolute atomic E-state index is 0.0149. The Hall–Kier alpha value is -4.85. The highest BCUT2D eigenvalue weighted by Gasteiger charge is 2.30. The van der Waals surface area contributed by atoms with Crippen molar-refractivity contribution in [1.82, 2.24) is 19.5 Å². The molecule has 1 amide bonds. The molecule has 0 aliphatic carbocycles. The number of piperidine rings is 2. The van der Waals surface area contributed by atoms with Crippen LogP contribution < -0.4 is 19.7 Å². The number of nitrogens with one attached hydrogen (secondary N) is 2. The van der Waals surface area contributed by atoms with Crippen LogP contribution in [0.15, 0.2) is 88.9 Å². The molecule has 2 N–H and O–H groups in total. The van der Waals surface area contributed by atoms with E-state index in [4.69, 9.17) is 21.1 Å². The van der Waals surface area contributed by atoms with E-state index < -0.39 is 41.3 Å². The smallest absolute Gasteiger partial charge is 0.293 e. The van der Waals surface area contributed by atoms with Gasteiger partial charge in [-0.05, 0) is 93.1 Å². The van der Waals surface area contributed by atoms with Crippen LogP contribution in [0.1, 0.15) is 60.5 Å². The Morgan fingerprint density at radius 2 is 1.68 bits per heavy atom. The standard InChI is InChI=1S/C43H52ClN7O9S2/c1-61(55,56)37-26-35(28-45-29-37)60-42-25-34(49-19-14-31(15-20-49)30-50-18-3-2-5-40(50)32-6-8-33(44)9-7-32)10-12-38(42)43(52)47-62(57,58)36-11-13-39(41(27-36)51(53)54)46-16-4-17-48-21-23-59-24-22-48/h6-13,25-29,31,40,46H,2-5,14-24,30H2,1H3,(H,47,52)/t40-/m0/s1. The quantitative estimate of drug-likeness (QED) is 0.0700. The van der Waals surface area contributed by atoms with Crippen molar-refractivity contribution in [3.05, 3.63) is 105 Å². The van der Waals surface area contributed by atoms with Gasteiger partial charge < -0.3 is 19.7 Å². The van der Waals surface area contributed by atoms with Crippen molar-refractivity contribution in [2.45, 2.75) is 54.4 Å². The SMILES string of the molecule is CS(=O)(=O)c1cncc(Oc2cc(N3CCC(CN4CCCC[C@H]4c4ccc(Cl)cc4)CC3)ccc2C(=O)NS(=O)(=O)c2ccc(NCCCN3CCOCC3)c([N+](=O)[O-])c2)c1. The molecule has 3 aliphatic rings. The number of sulfone groups is 1. The molecule has 1 aromatic heterocycles. The van der Waals surface area contributed by atoms with Gasteiger partial charge in [-0.3, -0.25) is 29.7 Å². The van der Waals surface area contributed by atoms with Crippen LogP contribution in [0.5, 0.6) is 11.5 Å². The highest BCUT2D eigenvalue weighted by molar-refractivity contribution is 7.90. The Bertz CT molecular complexity index is 2450. The van der Waals surface area contributed by atoms with Crippen molar-refractivity contribution < 1.29 is 36.0 Å². The second kappa shape index (κ2) is 20.1. The molecule has 0 saturated carbocycles. The van der Waals surface area contributed by atoms with Gasteiger partial charge in [0.1, 0.15) is 17.2 Å². The molecule has 3 aromatic carbocycles. The molecule has 3 fully saturated rings. The first-order valence-electron chi connectivity index (χ1n) is 20.8. The molecule has 62 heavy (non-hydrogen) atoms. The summed E-state index contributed by atoms with van der Waals surface area (Å²) in [6.45, 7) is 7.62. The average molecular weight is 911 g/mol. The number of rotatable bonds is 16. The van der Waals surface area contributed by atoms with Gasteiger partial charge >= 0.3 is 0 Å². The number of ether oxygens (including phenoxy) is 2. The molecule has 4 aromatic rings. The number of sulfonamides is 1. The van der Waals surface area contributed by atoms with Crippen LogP contribution in [0.2, 0.25) is 5.02 Å². The van der Waals surface area contributed by atoms with Crippen molar-refractivity contribution in [2.24, 2.45) is 5.92 Å². The van der Waals surface area contributed by atoms with Crippen LogP contribution in [0.3, 0.4) is 0 Å². The number of morpholine rings is 1. The lowest BCUT2D eigenvalue weighted by Crippen LogP contribution is -2.41. The number of amides is 1. The lowest BCUT2D eigenvalue weighted by molar-refractivity contribution is -0.384. The first-order valence-corrected chi connectivity index (χ1v) is 24.6. The lowest BCUT2D eigenvalue weighted by atomic mass is 9.91. The highest BCUT2D eigenvalue weighted by Crippen LogP contribution is 2.36. The van der Waals surface area contributed by atoms with Crippen molar-refractivity contribution in [3.63, 3.8) is 0 Å². The maximum atomic E-state index is 13.9. The van der Waals surface area contributed by atoms with E-state index in [2.05, 4.69) is 37.1 Å². The normalized spacial score (nSPS) is 18.3. The zero-order valence-electron chi connectivity index (χ0n) is 34.6. The van der Waals surface area contributed by atoms with E-state index in [-0.39, 0.29) is 27.6 Å². The molecule has 3 aliphatic heterocycles. The fraction of sp³-hybridized carbons (Fsp3) is 0.442. The summed E-state index contributed by atoms with van der Waals surface area (Å²) in [4.78, 5) is 35.7. The van der Waals surface area contributed by atoms with Gasteiger partial charge in [0.2, 0.25) is 0 Å². The van der Waals surface area contributed by atoms with Crippen molar-refractivity contribution in [2.75, 3.05) is 82.0 Å². The zero-order chi connectivity index (χ0) is 43.9. The molecule has 0 unspecified atom stereocenters. The van der Waals surface area contributed by atoms with Crippen molar-refractivity contribution >= 4 is 54.4 Å². The Labute approximate surface area is 367 Å². The summed E-state index contributed by atoms with van der Waals surface area (Å²) in [6.07, 6.45) is 9.51. The van der Waals surface area contributed by atoms with E-state index in [0.29, 0.717) is 38.1 Å². The maximum Gasteiger partial charge on any atom is 0.293 e. The Balaban J connectivity index is 1.06. The number of likely N-dealkylation sites (tertiary alicyclic amines) is 1. The van der Waals surface area contributed by atoms with Gasteiger partial charge in [0.15, 0.2) is 9.84 Å². The third-order valence-corrected chi connectivity index (χ3v) is 14.3. The number of pyridine rings is 1. The predicted molar refractivity (Wildman–Crippen MR) is 237 cm³/mol. The second-order valence-corrected chi connectivity index (χ2v) is 20.1. The number of nitrogens with zero attached hydrogens (tertiary/aromatic N) is 5. The van der Waals surface area contributed by atoms with Crippen LogP contribution in [0, 0.1) is 16.0 Å². The molecule has 4 heterocycles. The number of carbonyl (C=O) groups excluding carboxylic acids is 1. The number of halogens is 1. The third-order valence-electron chi connectivity index (χ3n) is 11.7. The molecule has 16 nitrogen and oxygen atoms in total. The van der Waals surface area contributed by atoms with Gasteiger partial charge in [-0.25, -0.2) is 21.6 Å². The van der Waals surface area contributed by atoms with Crippen LogP contribution in [0.4, 0.5) is 17.1 Å². The Morgan fingerprint density at radius 1 is 0.919 bits per heavy atom. The summed E-state index contributed by atoms with van der Waals surface area (Å²) >= 11 is 6.18. The van der Waals surface area contributed by atoms with E-state index in [1.807, 2.05) is 16.9 Å². The monoisotopic (exact) mass is 909 g/mol. The van der Waals surface area contributed by atoms with Gasteiger partial charge in [0.05, 0.1) is 39.7 Å². The van der Waals surface area contributed by atoms with Gasteiger partial charge in [0.25, 0.3) is 21.6 Å². The predicted octanol–water partition coefficient (Wildman–Crippen LogP) is 6.54.